The molecule has 2 aliphatic carbocycles. The lowest BCUT2D eigenvalue weighted by Crippen LogP contribution is -2.20. The Bertz CT molecular complexity index is 915. The van der Waals surface area contributed by atoms with Gasteiger partial charge in [0, 0.05) is 42.7 Å². The van der Waals surface area contributed by atoms with E-state index in [0.29, 0.717) is 30.6 Å². The summed E-state index contributed by atoms with van der Waals surface area (Å²) in [4.78, 5) is 47.8. The molecule has 136 valence electrons. The maximum atomic E-state index is 11.5. The molecular weight excluding hydrogens is 334 g/mol. The monoisotopic (exact) mass is 355 g/mol. The van der Waals surface area contributed by atoms with E-state index in [1.807, 2.05) is 6.92 Å². The highest BCUT2D eigenvalue weighted by molar-refractivity contribution is 5.99. The van der Waals surface area contributed by atoms with Gasteiger partial charge in [0.05, 0.1) is 5.56 Å². The number of hydrogen-bond donors (Lipinski definition) is 1. The quantitative estimate of drug-likeness (QED) is 0.783. The van der Waals surface area contributed by atoms with E-state index < -0.39 is 0 Å². The Kier molecular flexibility index (Phi) is 5.02. The van der Waals surface area contributed by atoms with Crippen molar-refractivity contribution in [1.82, 2.24) is 4.98 Å². The third-order valence-corrected chi connectivity index (χ3v) is 4.75. The Balaban J connectivity index is 0.000000151. The first-order chi connectivity index (χ1) is 12.4. The lowest BCUT2D eigenvalue weighted by Gasteiger charge is -2.15. The van der Waals surface area contributed by atoms with E-state index in [9.17, 15) is 19.2 Å². The molecule has 2 aliphatic rings. The lowest BCUT2D eigenvalue weighted by molar-refractivity contribution is 0.0959. The van der Waals surface area contributed by atoms with Gasteiger partial charge in [-0.15, -0.1) is 0 Å². The van der Waals surface area contributed by atoms with Crippen LogP contribution in [0, 0.1) is 13.8 Å². The smallest absolute Gasteiger partial charge is 0.336 e. The van der Waals surface area contributed by atoms with Gasteiger partial charge in [-0.05, 0) is 44.2 Å². The third-order valence-electron chi connectivity index (χ3n) is 4.75. The Morgan fingerprint density at radius 3 is 2.15 bits per heavy atom. The number of carbonyl (C=O) groups excluding carboxylic acids is 2. The molecule has 0 aromatic carbocycles. The van der Waals surface area contributed by atoms with Crippen LogP contribution in [0.4, 0.5) is 0 Å². The first-order valence-electron chi connectivity index (χ1n) is 8.79. The molecule has 6 nitrogen and oxygen atoms in total. The number of pyridine rings is 1. The Morgan fingerprint density at radius 1 is 0.808 bits per heavy atom. The average Bonchev–Trinajstić information content (AvgIpc) is 2.54. The van der Waals surface area contributed by atoms with Gasteiger partial charge in [0.15, 0.2) is 11.6 Å². The van der Waals surface area contributed by atoms with Gasteiger partial charge in [-0.1, -0.05) is 0 Å². The van der Waals surface area contributed by atoms with Crippen molar-refractivity contribution >= 4 is 11.6 Å². The fourth-order valence-corrected chi connectivity index (χ4v) is 3.64. The molecule has 0 amide bonds. The van der Waals surface area contributed by atoms with Crippen LogP contribution in [0.2, 0.25) is 0 Å². The summed E-state index contributed by atoms with van der Waals surface area (Å²) in [6.45, 7) is 3.59. The standard InChI is InChI=1S/C10H11NO2.C10H10O3/c1-6-5-9(13)11-7-3-2-4-8(12)10(6)7;1-6-5-9(12)13-8-4-2-3-7(11)10(6)8/h5H,2-4H2,1H3,(H,11,13);5H,2-4H2,1H3. The van der Waals surface area contributed by atoms with Crippen LogP contribution < -0.4 is 11.2 Å². The summed E-state index contributed by atoms with van der Waals surface area (Å²) in [6.07, 6.45) is 4.35. The van der Waals surface area contributed by atoms with Crippen molar-refractivity contribution in [3.05, 3.63) is 66.6 Å². The molecule has 6 heteroatoms. The second-order valence-electron chi connectivity index (χ2n) is 6.77. The van der Waals surface area contributed by atoms with Gasteiger partial charge in [0.25, 0.3) is 0 Å². The van der Waals surface area contributed by atoms with Gasteiger partial charge in [-0.3, -0.25) is 14.4 Å². The maximum Gasteiger partial charge on any atom is 0.336 e. The van der Waals surface area contributed by atoms with Gasteiger partial charge in [-0.2, -0.15) is 0 Å². The highest BCUT2D eigenvalue weighted by Crippen LogP contribution is 2.22. The van der Waals surface area contributed by atoms with Gasteiger partial charge in [0.1, 0.15) is 5.76 Å². The number of aromatic amines is 1. The number of hydrogen-bond acceptors (Lipinski definition) is 5. The van der Waals surface area contributed by atoms with Crippen LogP contribution in [0.25, 0.3) is 0 Å². The average molecular weight is 355 g/mol. The van der Waals surface area contributed by atoms with E-state index in [1.54, 1.807) is 6.92 Å². The minimum Gasteiger partial charge on any atom is -0.427 e. The second-order valence-corrected chi connectivity index (χ2v) is 6.77. The lowest BCUT2D eigenvalue weighted by atomic mass is 9.92. The highest BCUT2D eigenvalue weighted by atomic mass is 16.4. The van der Waals surface area contributed by atoms with E-state index in [0.717, 1.165) is 41.6 Å². The molecule has 2 aromatic heterocycles. The van der Waals surface area contributed by atoms with Crippen LogP contribution in [0.3, 0.4) is 0 Å². The minimum atomic E-state index is -0.356. The zero-order chi connectivity index (χ0) is 18.8. The molecule has 0 saturated carbocycles. The van der Waals surface area contributed by atoms with E-state index >= 15 is 0 Å². The number of Topliss-reactive ketones (excluding diaryl/α,β-unsaturated/α-hetero) is 2. The topological polar surface area (TPSA) is 97.2 Å². The van der Waals surface area contributed by atoms with Crippen molar-refractivity contribution in [2.45, 2.75) is 52.4 Å². The number of carbonyl (C=O) groups is 2. The van der Waals surface area contributed by atoms with Crippen molar-refractivity contribution in [3.8, 4) is 0 Å². The molecule has 0 aliphatic heterocycles. The van der Waals surface area contributed by atoms with Crippen molar-refractivity contribution in [2.24, 2.45) is 0 Å². The predicted molar refractivity (Wildman–Crippen MR) is 96.1 cm³/mol. The van der Waals surface area contributed by atoms with E-state index in [1.165, 1.54) is 12.1 Å². The molecule has 26 heavy (non-hydrogen) atoms. The first-order valence-corrected chi connectivity index (χ1v) is 8.79. The van der Waals surface area contributed by atoms with Gasteiger partial charge < -0.3 is 9.40 Å². The molecule has 4 rings (SSSR count). The number of ketones is 2. The molecule has 0 bridgehead atoms. The number of rotatable bonds is 0. The predicted octanol–water partition coefficient (Wildman–Crippen LogP) is 2.67. The van der Waals surface area contributed by atoms with E-state index in [2.05, 4.69) is 4.98 Å². The van der Waals surface area contributed by atoms with Gasteiger partial charge in [-0.25, -0.2) is 4.79 Å². The Hall–Kier alpha value is -2.76. The van der Waals surface area contributed by atoms with Crippen LogP contribution in [0.15, 0.2) is 26.1 Å². The number of H-pyrrole nitrogens is 1. The van der Waals surface area contributed by atoms with E-state index in [4.69, 9.17) is 4.42 Å². The molecule has 0 saturated heterocycles. The summed E-state index contributed by atoms with van der Waals surface area (Å²) < 4.78 is 4.97. The second kappa shape index (κ2) is 7.23. The molecule has 0 spiro atoms. The molecule has 0 atom stereocenters. The summed E-state index contributed by atoms with van der Waals surface area (Å²) in [7, 11) is 0. The molecule has 1 N–H and O–H groups in total. The maximum absolute atomic E-state index is 11.5. The van der Waals surface area contributed by atoms with Crippen LogP contribution in [-0.2, 0) is 12.8 Å². The fourth-order valence-electron chi connectivity index (χ4n) is 3.64. The van der Waals surface area contributed by atoms with Crippen molar-refractivity contribution in [1.29, 1.82) is 0 Å². The number of aromatic nitrogens is 1. The molecule has 0 fully saturated rings. The number of aryl methyl sites for hydroxylation is 4. The highest BCUT2D eigenvalue weighted by Gasteiger charge is 2.22. The zero-order valence-corrected chi connectivity index (χ0v) is 14.9. The summed E-state index contributed by atoms with van der Waals surface area (Å²) in [5.74, 6) is 0.832. The zero-order valence-electron chi connectivity index (χ0n) is 14.9. The summed E-state index contributed by atoms with van der Waals surface area (Å²) in [6, 6.07) is 2.87. The number of fused-ring (bicyclic) bond motifs is 2. The van der Waals surface area contributed by atoms with Crippen LogP contribution in [0.5, 0.6) is 0 Å². The molecule has 2 aromatic rings. The molecule has 2 heterocycles. The largest absolute Gasteiger partial charge is 0.427 e. The minimum absolute atomic E-state index is 0.0995. The van der Waals surface area contributed by atoms with Crippen LogP contribution >= 0.6 is 0 Å². The third kappa shape index (κ3) is 3.59. The molecule has 0 radical (unpaired) electrons. The van der Waals surface area contributed by atoms with E-state index in [-0.39, 0.29) is 22.8 Å². The SMILES string of the molecule is Cc1cc(=O)[nH]c2c1C(=O)CCC2.Cc1cc(=O)oc2c1C(=O)CCC2. The van der Waals surface area contributed by atoms with Crippen LogP contribution in [-0.4, -0.2) is 16.6 Å². The normalized spacial score (nSPS) is 15.6. The number of nitrogens with one attached hydrogen (secondary N) is 1. The fraction of sp³-hybridized carbons (Fsp3) is 0.400. The summed E-state index contributed by atoms with van der Waals surface area (Å²) in [5.41, 5.74) is 3.29. The molecule has 0 unspecified atom stereocenters. The first kappa shape index (κ1) is 18.0. The van der Waals surface area contributed by atoms with Crippen molar-refractivity contribution < 1.29 is 14.0 Å². The summed E-state index contributed by atoms with van der Waals surface area (Å²) in [5, 5.41) is 0. The van der Waals surface area contributed by atoms with Crippen molar-refractivity contribution in [3.63, 3.8) is 0 Å². The Labute approximate surface area is 150 Å². The van der Waals surface area contributed by atoms with Crippen molar-refractivity contribution in [2.75, 3.05) is 0 Å². The Morgan fingerprint density at radius 2 is 1.42 bits per heavy atom. The van der Waals surface area contributed by atoms with Gasteiger partial charge in [0.2, 0.25) is 5.56 Å². The summed E-state index contributed by atoms with van der Waals surface area (Å²) >= 11 is 0. The van der Waals surface area contributed by atoms with Gasteiger partial charge >= 0.3 is 5.63 Å². The molecular formula is C20H21NO5. The van der Waals surface area contributed by atoms with Crippen LogP contribution in [0.1, 0.15) is 69.0 Å².